The smallest absolute Gasteiger partial charge is 0.187 e. The second-order valence-electron chi connectivity index (χ2n) is 5.12. The average molecular weight is 291 g/mol. The normalized spacial score (nSPS) is 11.0. The van der Waals surface area contributed by atoms with E-state index in [1.54, 1.807) is 17.9 Å². The van der Waals surface area contributed by atoms with Crippen LogP contribution in [0.1, 0.15) is 13.8 Å². The fraction of sp³-hybridized carbons (Fsp3) is 0.500. The Morgan fingerprint density at radius 3 is 2.86 bits per heavy atom. The highest BCUT2D eigenvalue weighted by Crippen LogP contribution is 2.33. The van der Waals surface area contributed by atoms with Crippen LogP contribution in [0.15, 0.2) is 18.2 Å². The molecule has 0 fully saturated rings. The summed E-state index contributed by atoms with van der Waals surface area (Å²) in [6.45, 7) is 6.04. The Hall–Kier alpha value is -2.15. The molecule has 1 aromatic heterocycles. The molecule has 0 amide bonds. The van der Waals surface area contributed by atoms with Crippen molar-refractivity contribution in [2.45, 2.75) is 20.4 Å². The number of nitrogens with zero attached hydrogens (tertiary/aromatic N) is 4. The van der Waals surface area contributed by atoms with Crippen molar-refractivity contribution in [3.05, 3.63) is 18.2 Å². The summed E-state index contributed by atoms with van der Waals surface area (Å²) in [5.74, 6) is 1.73. The lowest BCUT2D eigenvalue weighted by molar-refractivity contribution is 0.101. The first-order valence-electron chi connectivity index (χ1n) is 6.90. The predicted octanol–water partition coefficient (Wildman–Crippen LogP) is 1.60. The minimum atomic E-state index is 0.503. The highest BCUT2D eigenvalue weighted by Gasteiger charge is 2.16. The zero-order valence-electron chi connectivity index (χ0n) is 12.6. The maximum absolute atomic E-state index is 6.03. The van der Waals surface area contributed by atoms with E-state index >= 15 is 0 Å². The number of methoxy groups -OCH3 is 1. The van der Waals surface area contributed by atoms with Gasteiger partial charge < -0.3 is 15.2 Å². The zero-order chi connectivity index (χ0) is 15.2. The van der Waals surface area contributed by atoms with Gasteiger partial charge in [0.15, 0.2) is 5.82 Å². The van der Waals surface area contributed by atoms with Crippen LogP contribution < -0.4 is 10.5 Å². The fourth-order valence-electron chi connectivity index (χ4n) is 1.96. The van der Waals surface area contributed by atoms with Gasteiger partial charge in [0.2, 0.25) is 0 Å². The van der Waals surface area contributed by atoms with Crippen molar-refractivity contribution in [2.24, 2.45) is 5.92 Å². The van der Waals surface area contributed by atoms with Gasteiger partial charge in [-0.2, -0.15) is 0 Å². The van der Waals surface area contributed by atoms with Gasteiger partial charge in [-0.3, -0.25) is 0 Å². The van der Waals surface area contributed by atoms with Crippen LogP contribution in [0.25, 0.3) is 11.4 Å². The second kappa shape index (κ2) is 7.03. The van der Waals surface area contributed by atoms with E-state index in [2.05, 4.69) is 29.4 Å². The predicted molar refractivity (Wildman–Crippen MR) is 79.9 cm³/mol. The van der Waals surface area contributed by atoms with E-state index in [0.717, 1.165) is 0 Å². The molecule has 2 rings (SSSR count). The van der Waals surface area contributed by atoms with Gasteiger partial charge in [0.05, 0.1) is 25.8 Å². The number of hydrogen-bond donors (Lipinski definition) is 1. The molecule has 7 heteroatoms. The van der Waals surface area contributed by atoms with Gasteiger partial charge in [-0.05, 0) is 28.5 Å². The van der Waals surface area contributed by atoms with E-state index in [4.69, 9.17) is 15.2 Å². The summed E-state index contributed by atoms with van der Waals surface area (Å²) in [6, 6.07) is 5.46. The molecular weight excluding hydrogens is 270 g/mol. The van der Waals surface area contributed by atoms with E-state index in [0.29, 0.717) is 48.5 Å². The Morgan fingerprint density at radius 1 is 1.33 bits per heavy atom. The molecule has 2 aromatic rings. The quantitative estimate of drug-likeness (QED) is 0.616. The average Bonchev–Trinajstić information content (AvgIpc) is 2.91. The Balaban J connectivity index is 2.17. The number of nitrogen functional groups attached to an aromatic ring is 1. The van der Waals surface area contributed by atoms with Crippen molar-refractivity contribution >= 4 is 5.69 Å². The maximum Gasteiger partial charge on any atom is 0.187 e. The molecule has 1 aromatic carbocycles. The van der Waals surface area contributed by atoms with Crippen molar-refractivity contribution < 1.29 is 9.47 Å². The molecule has 0 saturated heterocycles. The molecule has 0 aliphatic carbocycles. The number of ether oxygens (including phenoxy) is 2. The van der Waals surface area contributed by atoms with Crippen molar-refractivity contribution in [3.63, 3.8) is 0 Å². The van der Waals surface area contributed by atoms with Gasteiger partial charge in [-0.25, -0.2) is 4.68 Å². The first-order valence-corrected chi connectivity index (χ1v) is 6.90. The van der Waals surface area contributed by atoms with Crippen molar-refractivity contribution in [2.75, 3.05) is 26.1 Å². The molecule has 0 unspecified atom stereocenters. The lowest BCUT2D eigenvalue weighted by Crippen LogP contribution is -2.12. The molecule has 0 bridgehead atoms. The van der Waals surface area contributed by atoms with E-state index in [9.17, 15) is 0 Å². The summed E-state index contributed by atoms with van der Waals surface area (Å²) >= 11 is 0. The van der Waals surface area contributed by atoms with Crippen molar-refractivity contribution in [1.82, 2.24) is 20.2 Å². The molecule has 7 nitrogen and oxygen atoms in total. The van der Waals surface area contributed by atoms with E-state index in [1.807, 2.05) is 12.1 Å². The summed E-state index contributed by atoms with van der Waals surface area (Å²) in [4.78, 5) is 0. The summed E-state index contributed by atoms with van der Waals surface area (Å²) < 4.78 is 12.6. The Morgan fingerprint density at radius 2 is 2.14 bits per heavy atom. The van der Waals surface area contributed by atoms with Crippen LogP contribution in [0.3, 0.4) is 0 Å². The standard InChI is InChI=1S/C14H21N5O2/c1-10(2)9-21-8-7-19-14(16-17-18-19)13-11(15)5-4-6-12(13)20-3/h4-6,10H,7-9,15H2,1-3H3. The number of aromatic nitrogens is 4. The zero-order valence-corrected chi connectivity index (χ0v) is 12.6. The van der Waals surface area contributed by atoms with Crippen LogP contribution >= 0.6 is 0 Å². The van der Waals surface area contributed by atoms with Gasteiger partial charge in [0.1, 0.15) is 5.75 Å². The van der Waals surface area contributed by atoms with Crippen LogP contribution in [0.4, 0.5) is 5.69 Å². The van der Waals surface area contributed by atoms with Crippen molar-refractivity contribution in [1.29, 1.82) is 0 Å². The second-order valence-corrected chi connectivity index (χ2v) is 5.12. The van der Waals surface area contributed by atoms with E-state index in [1.165, 1.54) is 0 Å². The number of tetrazole rings is 1. The molecule has 0 aliphatic rings. The van der Waals surface area contributed by atoms with Crippen molar-refractivity contribution in [3.8, 4) is 17.1 Å². The van der Waals surface area contributed by atoms with Crippen LogP contribution in [0.5, 0.6) is 5.75 Å². The number of nitrogens with two attached hydrogens (primary N) is 1. The Bertz CT molecular complexity index is 582. The summed E-state index contributed by atoms with van der Waals surface area (Å²) in [5.41, 5.74) is 7.31. The lowest BCUT2D eigenvalue weighted by Gasteiger charge is -2.11. The number of anilines is 1. The lowest BCUT2D eigenvalue weighted by atomic mass is 10.1. The molecule has 1 heterocycles. The molecule has 0 radical (unpaired) electrons. The molecule has 21 heavy (non-hydrogen) atoms. The Labute approximate surface area is 124 Å². The molecule has 0 aliphatic heterocycles. The molecule has 0 spiro atoms. The Kier molecular flexibility index (Phi) is 5.10. The SMILES string of the molecule is COc1cccc(N)c1-c1nnnn1CCOCC(C)C. The summed E-state index contributed by atoms with van der Waals surface area (Å²) in [5, 5.41) is 11.8. The molecule has 114 valence electrons. The molecule has 0 atom stereocenters. The third-order valence-electron chi connectivity index (χ3n) is 2.93. The van der Waals surface area contributed by atoms with Crippen LogP contribution in [0, 0.1) is 5.92 Å². The first-order chi connectivity index (χ1) is 10.1. The first kappa shape index (κ1) is 15.2. The molecule has 0 saturated carbocycles. The van der Waals surface area contributed by atoms with Crippen LogP contribution in [-0.4, -0.2) is 40.5 Å². The van der Waals surface area contributed by atoms with Gasteiger partial charge in [0, 0.05) is 12.3 Å². The largest absolute Gasteiger partial charge is 0.496 e. The summed E-state index contributed by atoms with van der Waals surface area (Å²) in [6.07, 6.45) is 0. The molecule has 2 N–H and O–H groups in total. The molecular formula is C14H21N5O2. The van der Waals surface area contributed by atoms with Crippen LogP contribution in [0.2, 0.25) is 0 Å². The highest BCUT2D eigenvalue weighted by atomic mass is 16.5. The van der Waals surface area contributed by atoms with Gasteiger partial charge in [-0.15, -0.1) is 5.10 Å². The van der Waals surface area contributed by atoms with Crippen LogP contribution in [-0.2, 0) is 11.3 Å². The van der Waals surface area contributed by atoms with Gasteiger partial charge in [-0.1, -0.05) is 19.9 Å². The monoisotopic (exact) mass is 291 g/mol. The summed E-state index contributed by atoms with van der Waals surface area (Å²) in [7, 11) is 1.60. The van der Waals surface area contributed by atoms with E-state index < -0.39 is 0 Å². The van der Waals surface area contributed by atoms with Gasteiger partial charge in [0.25, 0.3) is 0 Å². The number of rotatable bonds is 7. The maximum atomic E-state index is 6.03. The minimum Gasteiger partial charge on any atom is -0.496 e. The topological polar surface area (TPSA) is 88.1 Å². The third-order valence-corrected chi connectivity index (χ3v) is 2.93. The number of benzene rings is 1. The number of hydrogen-bond acceptors (Lipinski definition) is 6. The van der Waals surface area contributed by atoms with Gasteiger partial charge >= 0.3 is 0 Å². The minimum absolute atomic E-state index is 0.503. The fourth-order valence-corrected chi connectivity index (χ4v) is 1.96. The third kappa shape index (κ3) is 3.69. The highest BCUT2D eigenvalue weighted by molar-refractivity contribution is 5.77. The van der Waals surface area contributed by atoms with E-state index in [-0.39, 0.29) is 0 Å².